The van der Waals surface area contributed by atoms with Gasteiger partial charge in [-0.25, -0.2) is 19.9 Å². The lowest BCUT2D eigenvalue weighted by Gasteiger charge is -2.12. The van der Waals surface area contributed by atoms with Crippen LogP contribution in [0.5, 0.6) is 40.2 Å². The number of phenols is 2. The topological polar surface area (TPSA) is 189 Å². The van der Waals surface area contributed by atoms with Crippen molar-refractivity contribution in [1.82, 2.24) is 19.9 Å². The molecule has 0 radical (unpaired) electrons. The first-order chi connectivity index (χ1) is 27.8. The average molecular weight is 798 g/mol. The first-order valence-corrected chi connectivity index (χ1v) is 18.0. The van der Waals surface area contributed by atoms with Crippen molar-refractivity contribution in [1.29, 1.82) is 0 Å². The number of nitrogen functional groups attached to an aromatic ring is 1. The Hall–Kier alpha value is -6.85. The van der Waals surface area contributed by atoms with Gasteiger partial charge in [0.05, 0.1) is 69.1 Å². The molecule has 14 nitrogen and oxygen atoms in total. The molecular weight excluding hydrogens is 752 g/mol. The van der Waals surface area contributed by atoms with E-state index in [0.29, 0.717) is 74.2 Å². The summed E-state index contributed by atoms with van der Waals surface area (Å²) in [7, 11) is 6.30. The van der Waals surface area contributed by atoms with E-state index in [4.69, 9.17) is 51.9 Å². The Bertz CT molecular complexity index is 2370. The van der Waals surface area contributed by atoms with Crippen molar-refractivity contribution < 1.29 is 38.3 Å². The van der Waals surface area contributed by atoms with Crippen LogP contribution in [0.4, 0.5) is 17.2 Å². The summed E-state index contributed by atoms with van der Waals surface area (Å²) in [5.41, 5.74) is 9.73. The third-order valence-corrected chi connectivity index (χ3v) is 8.25. The summed E-state index contributed by atoms with van der Waals surface area (Å²) in [5, 5.41) is 25.0. The van der Waals surface area contributed by atoms with Gasteiger partial charge in [-0.2, -0.15) is 0 Å². The van der Waals surface area contributed by atoms with Gasteiger partial charge in [0.25, 0.3) is 0 Å². The number of methoxy groups -OCH3 is 4. The molecule has 4 heterocycles. The molecule has 15 heteroatoms. The highest BCUT2D eigenvalue weighted by atomic mass is 35.5. The van der Waals surface area contributed by atoms with E-state index >= 15 is 0 Å². The van der Waals surface area contributed by atoms with E-state index in [0.717, 1.165) is 28.3 Å². The summed E-state index contributed by atoms with van der Waals surface area (Å²) in [4.78, 5) is 16.6. The molecule has 300 valence electrons. The fraction of sp³-hybridized carbons (Fsp3) is 0.238. The van der Waals surface area contributed by atoms with Crippen LogP contribution in [0.25, 0.3) is 32.8 Å². The van der Waals surface area contributed by atoms with Crippen LogP contribution in [0.2, 0.25) is 5.15 Å². The number of phenolic OH excluding ortho intramolecular Hbond substituents is 2. The van der Waals surface area contributed by atoms with Crippen molar-refractivity contribution in [3.8, 4) is 46.7 Å². The number of hydrogen-bond donors (Lipinski definition) is 4. The van der Waals surface area contributed by atoms with E-state index in [1.807, 2.05) is 33.8 Å². The number of terminal acetylenes is 1. The second-order valence-corrected chi connectivity index (χ2v) is 11.2. The first-order valence-electron chi connectivity index (χ1n) is 17.6. The summed E-state index contributed by atoms with van der Waals surface area (Å²) in [6, 6.07) is 15.4. The molecule has 0 unspecified atom stereocenters. The highest BCUT2D eigenvalue weighted by molar-refractivity contribution is 6.34. The molecule has 0 amide bonds. The number of aromatic nitrogens is 4. The minimum Gasteiger partial charge on any atom is -0.697 e. The Morgan fingerprint density at radius 1 is 0.719 bits per heavy atom. The van der Waals surface area contributed by atoms with Crippen LogP contribution in [-0.4, -0.2) is 65.2 Å². The Balaban J connectivity index is 0.000000232. The van der Waals surface area contributed by atoms with Crippen molar-refractivity contribution >= 4 is 61.6 Å². The van der Waals surface area contributed by atoms with Crippen LogP contribution in [0.1, 0.15) is 33.3 Å². The second kappa shape index (κ2) is 21.9. The molecule has 57 heavy (non-hydrogen) atoms. The fourth-order valence-electron chi connectivity index (χ4n) is 5.41. The van der Waals surface area contributed by atoms with E-state index < -0.39 is 0 Å². The van der Waals surface area contributed by atoms with Gasteiger partial charge in [0.15, 0.2) is 28.6 Å². The van der Waals surface area contributed by atoms with Gasteiger partial charge >= 0.3 is 0 Å². The second-order valence-electron chi connectivity index (χ2n) is 10.8. The van der Waals surface area contributed by atoms with Crippen LogP contribution in [0, 0.1) is 12.8 Å². The lowest BCUT2D eigenvalue weighted by molar-refractivity contribution is 0.356. The number of ether oxygens (including phenoxy) is 5. The van der Waals surface area contributed by atoms with E-state index in [9.17, 15) is 10.2 Å². The predicted octanol–water partition coefficient (Wildman–Crippen LogP) is 9.31. The van der Waals surface area contributed by atoms with E-state index in [2.05, 4.69) is 31.7 Å². The minimum absolute atomic E-state index is 0.160. The Morgan fingerprint density at radius 3 is 1.86 bits per heavy atom. The summed E-state index contributed by atoms with van der Waals surface area (Å²) in [6.45, 7) is 8.62. The van der Waals surface area contributed by atoms with Gasteiger partial charge in [-0.15, -0.1) is 0 Å². The summed E-state index contributed by atoms with van der Waals surface area (Å²) in [5.74, 6) is 4.11. The van der Waals surface area contributed by atoms with Crippen molar-refractivity contribution in [2.24, 2.45) is 0 Å². The third-order valence-electron chi connectivity index (χ3n) is 7.94. The average Bonchev–Trinajstić information content (AvgIpc) is 3.98. The largest absolute Gasteiger partial charge is 0.697 e. The van der Waals surface area contributed by atoms with Gasteiger partial charge in [-0.3, -0.25) is 0 Å². The molecular formula is C42H46ClN6O8-. The fourth-order valence-corrected chi connectivity index (χ4v) is 5.61. The lowest BCUT2D eigenvalue weighted by Crippen LogP contribution is -1.98. The maximum atomic E-state index is 9.90. The molecule has 0 saturated carbocycles. The highest BCUT2D eigenvalue weighted by Crippen LogP contribution is 2.39. The van der Waals surface area contributed by atoms with E-state index in [-0.39, 0.29) is 11.5 Å². The zero-order valence-electron chi connectivity index (χ0n) is 33.0. The molecule has 3 aromatic heterocycles. The monoisotopic (exact) mass is 797 g/mol. The van der Waals surface area contributed by atoms with Gasteiger partial charge in [0.1, 0.15) is 40.9 Å². The number of nitrogens with zero attached hydrogens (tertiary/aromatic N) is 4. The summed E-state index contributed by atoms with van der Waals surface area (Å²) in [6.07, 6.45) is 14.2. The molecule has 0 atom stereocenters. The Labute approximate surface area is 336 Å². The normalized spacial score (nSPS) is 10.5. The van der Waals surface area contributed by atoms with Crippen molar-refractivity contribution in [3.63, 3.8) is 0 Å². The smallest absolute Gasteiger partial charge is 0.162 e. The van der Waals surface area contributed by atoms with Gasteiger partial charge < -0.3 is 62.2 Å². The summed E-state index contributed by atoms with van der Waals surface area (Å²) < 4.78 is 31.7. The molecule has 1 aliphatic heterocycles. The van der Waals surface area contributed by atoms with Crippen LogP contribution < -0.4 is 34.7 Å². The van der Waals surface area contributed by atoms with Crippen LogP contribution in [-0.2, 0) is 6.42 Å². The highest BCUT2D eigenvalue weighted by Gasteiger charge is 2.18. The van der Waals surface area contributed by atoms with Gasteiger partial charge in [-0.1, -0.05) is 39.3 Å². The van der Waals surface area contributed by atoms with Crippen molar-refractivity contribution in [3.05, 3.63) is 90.7 Å². The van der Waals surface area contributed by atoms with Gasteiger partial charge in [-0.05, 0) is 42.5 Å². The molecule has 7 aromatic rings. The molecule has 8 rings (SSSR count). The number of rotatable bonds is 6. The Morgan fingerprint density at radius 2 is 1.26 bits per heavy atom. The maximum absolute atomic E-state index is 9.90. The Kier molecular flexibility index (Phi) is 17.1. The van der Waals surface area contributed by atoms with E-state index in [1.165, 1.54) is 18.9 Å². The zero-order chi connectivity index (χ0) is 42.1. The molecule has 0 aliphatic carbocycles. The zero-order valence-corrected chi connectivity index (χ0v) is 33.8. The first kappa shape index (κ1) is 44.5. The number of hydrogen-bond acceptors (Lipinski definition) is 14. The number of benzene rings is 4. The molecule has 0 spiro atoms. The van der Waals surface area contributed by atoms with E-state index in [1.54, 1.807) is 77.0 Å². The number of halogens is 1. The molecule has 1 aliphatic rings. The molecule has 0 bridgehead atoms. The quantitative estimate of drug-likeness (QED) is 0.0409. The van der Waals surface area contributed by atoms with Crippen molar-refractivity contribution in [2.75, 3.05) is 46.1 Å². The van der Waals surface area contributed by atoms with Crippen LogP contribution in [0.3, 0.4) is 0 Å². The number of nitrogens with one attached hydrogen (secondary N) is 1. The standard InChI is InChI=1S/C18H15N3O4.C10H9ClN2O2.C8H9NO2.2C2H6.C2H/c1-23-15-7-11-13(8-16(15)24-2)19-9-20-18(11)21-12-3-4-14(22)10-5-6-25-17(10)12;1-14-8-3-6-7(4-9(8)15-2)12-5-13-10(6)11;9-6-1-2-7(10)5-3-4-11-8(5)6;3*1-2/h3-9,22H,1-2H3,(H,19,20,21);3-5H,1-2H3;1-2,10H,3-4,9H2;2*1-2H3;1H/q;;;;;-1. The molecule has 0 fully saturated rings. The molecule has 5 N–H and O–H groups in total. The number of nitrogens with two attached hydrogens (primary N) is 1. The minimum atomic E-state index is 0.160. The van der Waals surface area contributed by atoms with Gasteiger partial charge in [0, 0.05) is 34.9 Å². The number of furan rings is 1. The van der Waals surface area contributed by atoms with Crippen molar-refractivity contribution in [2.45, 2.75) is 34.1 Å². The van der Waals surface area contributed by atoms with Crippen LogP contribution in [0.15, 0.2) is 77.9 Å². The number of fused-ring (bicyclic) bond motifs is 4. The summed E-state index contributed by atoms with van der Waals surface area (Å²) >= 11 is 5.93. The molecule has 0 saturated heterocycles. The van der Waals surface area contributed by atoms with Crippen LogP contribution >= 0.6 is 11.6 Å². The number of anilines is 3. The molecule has 4 aromatic carbocycles. The predicted molar refractivity (Wildman–Crippen MR) is 224 cm³/mol. The lowest BCUT2D eigenvalue weighted by atomic mass is 10.1. The number of aromatic hydroxyl groups is 2. The maximum Gasteiger partial charge on any atom is 0.162 e. The third kappa shape index (κ3) is 10.3. The van der Waals surface area contributed by atoms with Gasteiger partial charge in [0.2, 0.25) is 0 Å². The SMILES string of the molecule is CC.CC.COc1cc2ncnc(Cl)c2cc1OC.COc1cc2ncnc(Nc3ccc(O)c4ccoc34)c2cc1OC.Nc1ccc(O)c2c1OCC2.[C-]#C.